The number of benzene rings is 1. The van der Waals surface area contributed by atoms with E-state index in [1.165, 1.54) is 5.01 Å². The Labute approximate surface area is 107 Å². The Morgan fingerprint density at radius 2 is 1.83 bits per heavy atom. The molecule has 0 radical (unpaired) electrons. The number of amides is 1. The van der Waals surface area contributed by atoms with Gasteiger partial charge in [0.15, 0.2) is 0 Å². The summed E-state index contributed by atoms with van der Waals surface area (Å²) in [6.45, 7) is 6.05. The van der Waals surface area contributed by atoms with E-state index >= 15 is 0 Å². The second kappa shape index (κ2) is 5.55. The molecule has 0 heterocycles. The van der Waals surface area contributed by atoms with E-state index < -0.39 is 0 Å². The highest BCUT2D eigenvalue weighted by Crippen LogP contribution is 2.22. The van der Waals surface area contributed by atoms with Crippen molar-refractivity contribution in [1.29, 1.82) is 0 Å². The fourth-order valence-corrected chi connectivity index (χ4v) is 1.22. The lowest BCUT2D eigenvalue weighted by Crippen LogP contribution is -2.29. The van der Waals surface area contributed by atoms with Gasteiger partial charge >= 0.3 is 0 Å². The third kappa shape index (κ3) is 3.78. The monoisotopic (exact) mass is 248 g/mol. The molecule has 18 heavy (non-hydrogen) atoms. The molecule has 0 bridgehead atoms. The molecule has 5 N–H and O–H groups in total. The zero-order valence-corrected chi connectivity index (χ0v) is 11.0. The first-order valence-electron chi connectivity index (χ1n) is 5.66. The summed E-state index contributed by atoms with van der Waals surface area (Å²) in [5.74, 6) is 5.90. The Kier molecular flexibility index (Phi) is 4.33. The lowest BCUT2D eigenvalue weighted by molar-refractivity contribution is -0.105. The van der Waals surface area contributed by atoms with Crippen LogP contribution in [0.25, 0.3) is 0 Å². The van der Waals surface area contributed by atoms with Gasteiger partial charge in [-0.2, -0.15) is 0 Å². The van der Waals surface area contributed by atoms with Gasteiger partial charge in [-0.25, -0.2) is 5.84 Å². The van der Waals surface area contributed by atoms with Crippen LogP contribution in [0, 0.1) is 5.41 Å². The van der Waals surface area contributed by atoms with Crippen molar-refractivity contribution in [2.45, 2.75) is 20.8 Å². The number of carbonyl (C=O) groups is 1. The minimum atomic E-state index is -0.128. The second-order valence-corrected chi connectivity index (χ2v) is 5.05. The molecule has 98 valence electrons. The second-order valence-electron chi connectivity index (χ2n) is 5.05. The minimum absolute atomic E-state index is 0.128. The third-order valence-corrected chi connectivity index (χ3v) is 2.54. The molecule has 0 atom stereocenters. The molecule has 0 aliphatic carbocycles. The normalized spacial score (nSPS) is 12.1. The van der Waals surface area contributed by atoms with Crippen molar-refractivity contribution in [2.24, 2.45) is 17.0 Å². The van der Waals surface area contributed by atoms with Crippen LogP contribution >= 0.6 is 0 Å². The molecule has 1 aromatic rings. The molecule has 0 unspecified atom stereocenters. The Morgan fingerprint density at radius 1 is 1.28 bits per heavy atom. The van der Waals surface area contributed by atoms with Gasteiger partial charge in [-0.05, 0) is 24.3 Å². The van der Waals surface area contributed by atoms with Gasteiger partial charge in [0, 0.05) is 23.0 Å². The third-order valence-electron chi connectivity index (χ3n) is 2.54. The van der Waals surface area contributed by atoms with E-state index in [1.807, 2.05) is 20.8 Å². The lowest BCUT2D eigenvalue weighted by Gasteiger charge is -2.22. The zero-order chi connectivity index (χ0) is 13.8. The van der Waals surface area contributed by atoms with Gasteiger partial charge in [0.05, 0.1) is 5.69 Å². The SMILES string of the molecule is CC(C)(C)/C(N)=C/N(N)c1ccc(NC=O)cc1. The Hall–Kier alpha value is -2.01. The molecule has 0 aromatic heterocycles. The van der Waals surface area contributed by atoms with Crippen LogP contribution in [0.4, 0.5) is 11.4 Å². The Morgan fingerprint density at radius 3 is 2.28 bits per heavy atom. The van der Waals surface area contributed by atoms with E-state index in [1.54, 1.807) is 30.5 Å². The average Bonchev–Trinajstić information content (AvgIpc) is 2.29. The molecular formula is C13H20N4O. The quantitative estimate of drug-likeness (QED) is 0.431. The number of nitrogens with one attached hydrogen (secondary N) is 1. The minimum Gasteiger partial charge on any atom is -0.400 e. The molecule has 0 fully saturated rings. The van der Waals surface area contributed by atoms with Gasteiger partial charge in [-0.1, -0.05) is 20.8 Å². The topological polar surface area (TPSA) is 84.4 Å². The Bertz CT molecular complexity index is 431. The van der Waals surface area contributed by atoms with E-state index in [0.717, 1.165) is 11.4 Å². The first kappa shape index (κ1) is 14.1. The first-order chi connectivity index (χ1) is 8.34. The van der Waals surface area contributed by atoms with Crippen molar-refractivity contribution < 1.29 is 4.79 Å². The maximum absolute atomic E-state index is 10.3. The molecule has 0 aliphatic heterocycles. The Balaban J connectivity index is 2.84. The lowest BCUT2D eigenvalue weighted by atomic mass is 9.93. The van der Waals surface area contributed by atoms with Crippen molar-refractivity contribution in [3.05, 3.63) is 36.2 Å². The number of hydrogen-bond donors (Lipinski definition) is 3. The van der Waals surface area contributed by atoms with Gasteiger partial charge < -0.3 is 11.1 Å². The molecule has 0 spiro atoms. The summed E-state index contributed by atoms with van der Waals surface area (Å²) in [7, 11) is 0. The average molecular weight is 248 g/mol. The van der Waals surface area contributed by atoms with E-state index in [9.17, 15) is 4.79 Å². The van der Waals surface area contributed by atoms with Crippen molar-refractivity contribution in [2.75, 3.05) is 10.3 Å². The number of hydrazine groups is 1. The predicted octanol–water partition coefficient (Wildman–Crippen LogP) is 1.78. The highest BCUT2D eigenvalue weighted by atomic mass is 16.1. The van der Waals surface area contributed by atoms with Gasteiger partial charge in [0.2, 0.25) is 6.41 Å². The molecule has 0 saturated carbocycles. The molecule has 1 aromatic carbocycles. The van der Waals surface area contributed by atoms with Gasteiger partial charge in [-0.15, -0.1) is 0 Å². The van der Waals surface area contributed by atoms with Crippen LogP contribution in [-0.2, 0) is 4.79 Å². The van der Waals surface area contributed by atoms with E-state index in [4.69, 9.17) is 11.6 Å². The summed E-state index contributed by atoms with van der Waals surface area (Å²) < 4.78 is 0. The van der Waals surface area contributed by atoms with Crippen LogP contribution in [0.3, 0.4) is 0 Å². The first-order valence-corrected chi connectivity index (χ1v) is 5.66. The summed E-state index contributed by atoms with van der Waals surface area (Å²) in [5, 5.41) is 4.02. The molecule has 5 heteroatoms. The van der Waals surface area contributed by atoms with Gasteiger partial charge in [0.25, 0.3) is 0 Å². The summed E-state index contributed by atoms with van der Waals surface area (Å²) >= 11 is 0. The zero-order valence-electron chi connectivity index (χ0n) is 11.0. The highest BCUT2D eigenvalue weighted by molar-refractivity contribution is 5.72. The van der Waals surface area contributed by atoms with E-state index in [-0.39, 0.29) is 5.41 Å². The number of carbonyl (C=O) groups excluding carboxylic acids is 1. The van der Waals surface area contributed by atoms with Crippen molar-refractivity contribution in [1.82, 2.24) is 0 Å². The van der Waals surface area contributed by atoms with Crippen LogP contribution in [0.15, 0.2) is 36.2 Å². The standard InChI is InChI=1S/C13H20N4O/c1-13(2,3)12(14)8-17(15)11-6-4-10(5-7-11)16-9-18/h4-9H,14-15H2,1-3H3,(H,16,18)/b12-8-. The number of anilines is 2. The van der Waals surface area contributed by atoms with Crippen molar-refractivity contribution >= 4 is 17.8 Å². The molecular weight excluding hydrogens is 228 g/mol. The highest BCUT2D eigenvalue weighted by Gasteiger charge is 2.14. The van der Waals surface area contributed by atoms with Crippen LogP contribution in [0.5, 0.6) is 0 Å². The molecule has 1 amide bonds. The van der Waals surface area contributed by atoms with E-state index in [0.29, 0.717) is 12.1 Å². The molecule has 0 aliphatic rings. The largest absolute Gasteiger partial charge is 0.400 e. The van der Waals surface area contributed by atoms with Crippen LogP contribution in [0.2, 0.25) is 0 Å². The fraction of sp³-hybridized carbons (Fsp3) is 0.308. The maximum atomic E-state index is 10.3. The smallest absolute Gasteiger partial charge is 0.211 e. The van der Waals surface area contributed by atoms with Gasteiger partial charge in [-0.3, -0.25) is 9.80 Å². The molecule has 1 rings (SSSR count). The van der Waals surface area contributed by atoms with E-state index in [2.05, 4.69) is 5.32 Å². The summed E-state index contributed by atoms with van der Waals surface area (Å²) in [5.41, 5.74) is 8.02. The predicted molar refractivity (Wildman–Crippen MR) is 74.5 cm³/mol. The van der Waals surface area contributed by atoms with Crippen LogP contribution in [-0.4, -0.2) is 6.41 Å². The maximum Gasteiger partial charge on any atom is 0.211 e. The van der Waals surface area contributed by atoms with Gasteiger partial charge in [0.1, 0.15) is 0 Å². The number of nitrogens with two attached hydrogens (primary N) is 2. The number of hydrogen-bond acceptors (Lipinski definition) is 4. The number of allylic oxidation sites excluding steroid dienone is 1. The molecule has 5 nitrogen and oxygen atoms in total. The molecule has 0 saturated heterocycles. The summed E-state index contributed by atoms with van der Waals surface area (Å²) in [6, 6.07) is 7.14. The van der Waals surface area contributed by atoms with Crippen molar-refractivity contribution in [3.8, 4) is 0 Å². The number of rotatable bonds is 4. The summed E-state index contributed by atoms with van der Waals surface area (Å²) in [6.07, 6.45) is 2.33. The van der Waals surface area contributed by atoms with Crippen molar-refractivity contribution in [3.63, 3.8) is 0 Å². The number of nitrogens with zero attached hydrogens (tertiary/aromatic N) is 1. The summed E-state index contributed by atoms with van der Waals surface area (Å²) in [4.78, 5) is 10.3. The fourth-order valence-electron chi connectivity index (χ4n) is 1.22. The van der Waals surface area contributed by atoms with Crippen LogP contribution < -0.4 is 21.9 Å². The van der Waals surface area contributed by atoms with Crippen LogP contribution in [0.1, 0.15) is 20.8 Å².